The second-order valence-corrected chi connectivity index (χ2v) is 14.0. The Morgan fingerprint density at radius 3 is 1.36 bits per heavy atom. The molecule has 0 aromatic rings. The van der Waals surface area contributed by atoms with E-state index in [4.69, 9.17) is 11.5 Å². The van der Waals surface area contributed by atoms with Gasteiger partial charge >= 0.3 is 0 Å². The van der Waals surface area contributed by atoms with Crippen molar-refractivity contribution in [2.24, 2.45) is 11.5 Å². The molecule has 0 saturated heterocycles. The van der Waals surface area contributed by atoms with Crippen molar-refractivity contribution in [3.8, 4) is 0 Å². The second-order valence-electron chi connectivity index (χ2n) is 5.10. The Morgan fingerprint density at radius 1 is 1.05 bits per heavy atom. The minimum atomic E-state index is -2.75. The summed E-state index contributed by atoms with van der Waals surface area (Å²) in [4.78, 5) is 0. The molecule has 0 aliphatic carbocycles. The topological polar surface area (TPSA) is 86.2 Å². The number of nitrogens with two attached hydrogens (primary N) is 2. The van der Waals surface area contributed by atoms with Crippen LogP contribution in [0.25, 0.3) is 0 Å². The van der Waals surface area contributed by atoms with E-state index in [9.17, 15) is 8.42 Å². The van der Waals surface area contributed by atoms with E-state index in [2.05, 4.69) is 32.7 Å². The van der Waals surface area contributed by atoms with Crippen LogP contribution in [0.4, 0.5) is 0 Å². The van der Waals surface area contributed by atoms with Gasteiger partial charge in [0.1, 0.15) is 0 Å². The van der Waals surface area contributed by atoms with Gasteiger partial charge in [0, 0.05) is 28.8 Å². The van der Waals surface area contributed by atoms with Crippen LogP contribution in [-0.2, 0) is 8.87 Å². The second kappa shape index (κ2) is 17.4. The van der Waals surface area contributed by atoms with Crippen molar-refractivity contribution in [2.75, 3.05) is 31.9 Å². The summed E-state index contributed by atoms with van der Waals surface area (Å²) in [6, 6.07) is 0. The predicted octanol–water partition coefficient (Wildman–Crippen LogP) is 3.76. The number of halogens is 1. The molecular weight excluding hydrogens is 400 g/mol. The van der Waals surface area contributed by atoms with E-state index < -0.39 is 8.87 Å². The van der Waals surface area contributed by atoms with Crippen molar-refractivity contribution in [3.63, 3.8) is 0 Å². The monoisotopic (exact) mass is 434 g/mol. The van der Waals surface area contributed by atoms with Crippen molar-refractivity contribution in [1.29, 1.82) is 0 Å². The summed E-state index contributed by atoms with van der Waals surface area (Å²) in [7, 11) is 1.70. The Labute approximate surface area is 162 Å². The fourth-order valence-corrected chi connectivity index (χ4v) is 2.34. The first-order chi connectivity index (χ1) is 8.74. The van der Waals surface area contributed by atoms with E-state index in [1.807, 2.05) is 24.6 Å². The van der Waals surface area contributed by atoms with Gasteiger partial charge < -0.3 is 11.5 Å². The van der Waals surface area contributed by atoms with Crippen molar-refractivity contribution < 1.29 is 8.42 Å². The minimum absolute atomic E-state index is 0. The highest BCUT2D eigenvalue weighted by atomic mass is 35.5. The molecule has 0 radical (unpaired) electrons. The van der Waals surface area contributed by atoms with Crippen molar-refractivity contribution in [2.45, 2.75) is 44.6 Å². The fraction of sp³-hybridized carbons (Fsp3) is 1.00. The highest BCUT2D eigenvalue weighted by Crippen LogP contribution is 2.32. The van der Waals surface area contributed by atoms with Crippen LogP contribution in [0.2, 0.25) is 0 Å². The average Bonchev–Trinajstić information content (AvgIpc) is 2.29. The van der Waals surface area contributed by atoms with Gasteiger partial charge in [-0.1, -0.05) is 29.0 Å². The first kappa shape index (κ1) is 34.8. The van der Waals surface area contributed by atoms with Crippen LogP contribution in [0, 0.1) is 0 Å². The number of rotatable bonds is 5. The number of thiol groups is 1. The molecule has 0 spiro atoms. The van der Waals surface area contributed by atoms with Gasteiger partial charge in [0.2, 0.25) is 0 Å². The lowest BCUT2D eigenvalue weighted by Gasteiger charge is -2.18. The molecule has 142 valence electrons. The average molecular weight is 435 g/mol. The van der Waals surface area contributed by atoms with Gasteiger partial charge in [-0.3, -0.25) is 0 Å². The first-order valence-corrected chi connectivity index (χ1v) is 12.5. The van der Waals surface area contributed by atoms with Gasteiger partial charge in [-0.15, -0.1) is 12.4 Å². The molecule has 4 N–H and O–H groups in total. The van der Waals surface area contributed by atoms with Gasteiger partial charge in [0.15, 0.2) is 8.87 Å². The third-order valence-corrected chi connectivity index (χ3v) is 6.85. The van der Waals surface area contributed by atoms with Crippen molar-refractivity contribution in [3.05, 3.63) is 0 Å². The Hall–Kier alpha value is 1.56. The summed E-state index contributed by atoms with van der Waals surface area (Å²) in [5.41, 5.74) is 10.7. The molecule has 0 rings (SSSR count). The lowest BCUT2D eigenvalue weighted by Crippen LogP contribution is -2.25. The van der Waals surface area contributed by atoms with Gasteiger partial charge in [0.05, 0.1) is 0 Å². The van der Waals surface area contributed by atoms with Crippen molar-refractivity contribution >= 4 is 66.3 Å². The van der Waals surface area contributed by atoms with Crippen LogP contribution in [0.15, 0.2) is 0 Å². The summed E-state index contributed by atoms with van der Waals surface area (Å²) >= 11 is 4.13. The molecule has 0 saturated carbocycles. The summed E-state index contributed by atoms with van der Waals surface area (Å²) < 4.78 is 20.2. The molecule has 0 aromatic heterocycles. The Kier molecular flexibility index (Phi) is 27.5. The molecule has 0 fully saturated rings. The van der Waals surface area contributed by atoms with Crippen LogP contribution in [0.5, 0.6) is 0 Å². The lowest BCUT2D eigenvalue weighted by molar-refractivity contribution is 0.615. The molecule has 0 aliphatic rings. The van der Waals surface area contributed by atoms with Crippen LogP contribution >= 0.6 is 57.4 Å². The van der Waals surface area contributed by atoms with Crippen LogP contribution in [-0.4, -0.2) is 49.8 Å². The summed E-state index contributed by atoms with van der Waals surface area (Å²) in [6.07, 6.45) is 4.79. The molecule has 0 aromatic carbocycles. The molecule has 0 bridgehead atoms. The van der Waals surface area contributed by atoms with Gasteiger partial charge in [-0.25, -0.2) is 8.42 Å². The smallest absolute Gasteiger partial charge is 0.198 e. The normalized spacial score (nSPS) is 10.8. The highest BCUT2D eigenvalue weighted by Gasteiger charge is 2.14. The quantitative estimate of drug-likeness (QED) is 0.448. The lowest BCUT2D eigenvalue weighted by atomic mass is 10.2. The zero-order chi connectivity index (χ0) is 17.0. The molecule has 0 atom stereocenters. The zero-order valence-electron chi connectivity index (χ0n) is 13.9. The van der Waals surface area contributed by atoms with E-state index in [0.29, 0.717) is 6.54 Å². The number of hydrogen-bond acceptors (Lipinski definition) is 8. The minimum Gasteiger partial charge on any atom is -0.329 e. The summed E-state index contributed by atoms with van der Waals surface area (Å²) in [5, 5.41) is 0. The maximum absolute atomic E-state index is 9.96. The molecule has 10 heteroatoms. The van der Waals surface area contributed by atoms with Crippen LogP contribution in [0.1, 0.15) is 35.1 Å². The Bertz CT molecular complexity index is 320. The summed E-state index contributed by atoms with van der Waals surface area (Å²) in [5.74, 6) is 0. The highest BCUT2D eigenvalue weighted by molar-refractivity contribution is 8.77. The Balaban J connectivity index is -0.0000000637. The molecule has 0 heterocycles. The third-order valence-electron chi connectivity index (χ3n) is 1.60. The molecule has 0 amide bonds. The van der Waals surface area contributed by atoms with Crippen LogP contribution in [0.3, 0.4) is 0 Å². The van der Waals surface area contributed by atoms with Gasteiger partial charge in [-0.2, -0.15) is 12.6 Å². The SMILES string of the molecule is C.CC(C)(S)CN.CSS(C)(=O)=O.CSSC(C)(C)CN.Cl. The molecule has 0 aliphatic heterocycles. The van der Waals surface area contributed by atoms with Crippen molar-refractivity contribution in [1.82, 2.24) is 0 Å². The third kappa shape index (κ3) is 43.0. The predicted molar refractivity (Wildman–Crippen MR) is 119 cm³/mol. The maximum atomic E-state index is 9.96. The fourth-order valence-electron chi connectivity index (χ4n) is 0.260. The molecule has 22 heavy (non-hydrogen) atoms. The standard InChI is InChI=1S/C5H13NS2.C4H11NS.C2H6O2S2.CH4.ClH/c1-5(2,4-6)8-7-3;1-4(2,6)3-5;1-5-6(2,3)4;;/h4,6H2,1-3H3;6H,3,5H2,1-2H3;1-2H3;1H4;1H. The van der Waals surface area contributed by atoms with E-state index in [0.717, 1.165) is 17.3 Å². The summed E-state index contributed by atoms with van der Waals surface area (Å²) in [6.45, 7) is 9.64. The Morgan fingerprint density at radius 2 is 1.32 bits per heavy atom. The zero-order valence-corrected chi connectivity index (χ0v) is 18.9. The largest absolute Gasteiger partial charge is 0.329 e. The first-order valence-electron chi connectivity index (χ1n) is 5.84. The van der Waals surface area contributed by atoms with Gasteiger partial charge in [-0.05, 0) is 51.0 Å². The van der Waals surface area contributed by atoms with E-state index in [-0.39, 0.29) is 29.3 Å². The van der Waals surface area contributed by atoms with E-state index >= 15 is 0 Å². The molecule has 4 nitrogen and oxygen atoms in total. The molecular formula is C12H35ClN2O2S5. The maximum Gasteiger partial charge on any atom is 0.198 e. The van der Waals surface area contributed by atoms with E-state index in [1.165, 1.54) is 12.5 Å². The molecule has 0 unspecified atom stereocenters. The van der Waals surface area contributed by atoms with Gasteiger partial charge in [0.25, 0.3) is 0 Å². The number of hydrogen-bond donors (Lipinski definition) is 3. The van der Waals surface area contributed by atoms with Crippen LogP contribution < -0.4 is 11.5 Å². The van der Waals surface area contributed by atoms with E-state index in [1.54, 1.807) is 10.8 Å².